The number of carboxylic acids is 2. The fourth-order valence-electron chi connectivity index (χ4n) is 1.01. The summed E-state index contributed by atoms with van der Waals surface area (Å²) in [7, 11) is -2.62. The van der Waals surface area contributed by atoms with Crippen LogP contribution in [0.3, 0.4) is 0 Å². The van der Waals surface area contributed by atoms with Crippen molar-refractivity contribution >= 4 is 22.1 Å². The van der Waals surface area contributed by atoms with Crippen LogP contribution in [0.5, 0.6) is 0 Å². The highest BCUT2D eigenvalue weighted by Gasteiger charge is 2.24. The van der Waals surface area contributed by atoms with Crippen molar-refractivity contribution in [3.05, 3.63) is 0 Å². The van der Waals surface area contributed by atoms with Gasteiger partial charge in [0.2, 0.25) is 0 Å². The average Bonchev–Trinajstić information content (AvgIpc) is 2.23. The molecule has 0 fully saturated rings. The summed E-state index contributed by atoms with van der Waals surface area (Å²) < 4.78 is 31.3. The second kappa shape index (κ2) is 7.97. The molecule has 0 rings (SSSR count). The molecule has 0 radical (unpaired) electrons. The molecular formula is C8H16N2O7S. The molecule has 0 saturated carbocycles. The van der Waals surface area contributed by atoms with Gasteiger partial charge < -0.3 is 14.9 Å². The van der Waals surface area contributed by atoms with Crippen molar-refractivity contribution < 1.29 is 33.0 Å². The van der Waals surface area contributed by atoms with E-state index < -0.39 is 34.6 Å². The van der Waals surface area contributed by atoms with Crippen molar-refractivity contribution in [1.29, 1.82) is 0 Å². The maximum Gasteiger partial charge on any atom is 0.321 e. The normalized spacial score (nSPS) is 13.2. The van der Waals surface area contributed by atoms with Crippen molar-refractivity contribution in [2.24, 2.45) is 0 Å². The Balaban J connectivity index is 4.38. The highest BCUT2D eigenvalue weighted by molar-refractivity contribution is 7.87. The van der Waals surface area contributed by atoms with Crippen molar-refractivity contribution in [2.45, 2.75) is 18.9 Å². The van der Waals surface area contributed by atoms with E-state index >= 15 is 0 Å². The minimum absolute atomic E-state index is 0.0168. The number of nitrogens with one attached hydrogen (secondary N) is 2. The Bertz CT molecular complexity index is 381. The van der Waals surface area contributed by atoms with Crippen LogP contribution in [0.1, 0.15) is 12.8 Å². The van der Waals surface area contributed by atoms with Gasteiger partial charge in [0.05, 0.1) is 6.61 Å². The first-order chi connectivity index (χ1) is 8.28. The van der Waals surface area contributed by atoms with Crippen LogP contribution in [0.2, 0.25) is 0 Å². The van der Waals surface area contributed by atoms with E-state index in [9.17, 15) is 18.0 Å². The van der Waals surface area contributed by atoms with E-state index in [1.54, 1.807) is 0 Å². The summed E-state index contributed by atoms with van der Waals surface area (Å²) in [5.41, 5.74) is 0. The fraction of sp³-hybridized carbons (Fsp3) is 0.750. The quantitative estimate of drug-likeness (QED) is 0.353. The molecule has 106 valence electrons. The third kappa shape index (κ3) is 7.95. The molecule has 0 saturated heterocycles. The van der Waals surface area contributed by atoms with Gasteiger partial charge in [0.15, 0.2) is 0 Å². The maximum atomic E-state index is 11.4. The number of hydrogen-bond acceptors (Lipinski definition) is 5. The Kier molecular flexibility index (Phi) is 7.43. The van der Waals surface area contributed by atoms with Gasteiger partial charge >= 0.3 is 11.9 Å². The molecule has 0 aliphatic carbocycles. The minimum atomic E-state index is -4.00. The first kappa shape index (κ1) is 16.8. The third-order valence-electron chi connectivity index (χ3n) is 1.84. The zero-order valence-electron chi connectivity index (χ0n) is 9.75. The molecule has 1 atom stereocenters. The molecule has 0 aliphatic rings. The lowest BCUT2D eigenvalue weighted by molar-refractivity contribution is -0.140. The maximum absolute atomic E-state index is 11.4. The van der Waals surface area contributed by atoms with Gasteiger partial charge in [-0.3, -0.25) is 9.59 Å². The number of hydrogen-bond donors (Lipinski definition) is 4. The van der Waals surface area contributed by atoms with Gasteiger partial charge in [-0.15, -0.1) is 0 Å². The Morgan fingerprint density at radius 2 is 1.94 bits per heavy atom. The topological polar surface area (TPSA) is 142 Å². The van der Waals surface area contributed by atoms with E-state index in [1.165, 1.54) is 7.11 Å². The monoisotopic (exact) mass is 284 g/mol. The van der Waals surface area contributed by atoms with Gasteiger partial charge in [-0.05, 0) is 6.42 Å². The largest absolute Gasteiger partial charge is 0.481 e. The van der Waals surface area contributed by atoms with Crippen LogP contribution in [0.4, 0.5) is 0 Å². The number of carboxylic acid groups (broad SMARTS) is 2. The molecule has 0 aromatic heterocycles. The predicted molar refractivity (Wildman–Crippen MR) is 60.2 cm³/mol. The molecule has 1 unspecified atom stereocenters. The van der Waals surface area contributed by atoms with Gasteiger partial charge in [-0.25, -0.2) is 0 Å². The minimum Gasteiger partial charge on any atom is -0.481 e. The van der Waals surface area contributed by atoms with Crippen LogP contribution < -0.4 is 9.44 Å². The molecule has 0 heterocycles. The summed E-state index contributed by atoms with van der Waals surface area (Å²) >= 11 is 0. The Hall–Kier alpha value is -1.23. The first-order valence-corrected chi connectivity index (χ1v) is 6.47. The Labute approximate surface area is 104 Å². The van der Waals surface area contributed by atoms with Gasteiger partial charge in [0.25, 0.3) is 10.2 Å². The van der Waals surface area contributed by atoms with Crippen molar-refractivity contribution in [2.75, 3.05) is 20.3 Å². The van der Waals surface area contributed by atoms with Crippen LogP contribution in [-0.2, 0) is 24.5 Å². The molecular weight excluding hydrogens is 268 g/mol. The standard InChI is InChI=1S/C8H16N2O7S/c1-17-5-4-9-18(15,16)10-6(8(13)14)2-3-7(11)12/h6,9-10H,2-5H2,1H3,(H,11,12)(H,13,14). The lowest BCUT2D eigenvalue weighted by atomic mass is 10.2. The molecule has 0 aromatic carbocycles. The number of ether oxygens (including phenoxy) is 1. The van der Waals surface area contributed by atoms with Gasteiger partial charge in [0, 0.05) is 20.1 Å². The molecule has 0 aliphatic heterocycles. The molecule has 9 nitrogen and oxygen atoms in total. The number of carbonyl (C=O) groups is 2. The molecule has 0 aromatic rings. The van der Waals surface area contributed by atoms with Crippen molar-refractivity contribution in [3.63, 3.8) is 0 Å². The summed E-state index contributed by atoms with van der Waals surface area (Å²) in [6.45, 7) is 0.116. The summed E-state index contributed by atoms with van der Waals surface area (Å²) in [6, 6.07) is -1.49. The summed E-state index contributed by atoms with van der Waals surface area (Å²) in [5, 5.41) is 17.2. The summed E-state index contributed by atoms with van der Waals surface area (Å²) in [5.74, 6) is -2.64. The Morgan fingerprint density at radius 1 is 1.33 bits per heavy atom. The molecule has 10 heteroatoms. The van der Waals surface area contributed by atoms with Gasteiger partial charge in [0.1, 0.15) is 6.04 Å². The second-order valence-electron chi connectivity index (χ2n) is 3.33. The molecule has 18 heavy (non-hydrogen) atoms. The van der Waals surface area contributed by atoms with Crippen LogP contribution >= 0.6 is 0 Å². The zero-order chi connectivity index (χ0) is 14.2. The van der Waals surface area contributed by atoms with Crippen LogP contribution in [0, 0.1) is 0 Å². The van der Waals surface area contributed by atoms with Crippen LogP contribution in [-0.4, -0.2) is 56.9 Å². The third-order valence-corrected chi connectivity index (χ3v) is 3.02. The lowest BCUT2D eigenvalue weighted by Gasteiger charge is -2.14. The van der Waals surface area contributed by atoms with E-state index in [0.717, 1.165) is 0 Å². The van der Waals surface area contributed by atoms with Crippen molar-refractivity contribution in [3.8, 4) is 0 Å². The fourth-order valence-corrected chi connectivity index (χ4v) is 2.04. The van der Waals surface area contributed by atoms with Gasteiger partial charge in [-0.2, -0.15) is 17.9 Å². The smallest absolute Gasteiger partial charge is 0.321 e. The van der Waals surface area contributed by atoms with E-state index in [2.05, 4.69) is 9.46 Å². The van der Waals surface area contributed by atoms with Crippen LogP contribution in [0.25, 0.3) is 0 Å². The molecule has 0 amide bonds. The summed E-state index contributed by atoms with van der Waals surface area (Å²) in [6.07, 6.45) is -0.784. The second-order valence-corrected chi connectivity index (χ2v) is 4.86. The first-order valence-electron chi connectivity index (χ1n) is 4.99. The number of methoxy groups -OCH3 is 1. The number of aliphatic carboxylic acids is 2. The van der Waals surface area contributed by atoms with Gasteiger partial charge in [-0.1, -0.05) is 0 Å². The Morgan fingerprint density at radius 3 is 2.39 bits per heavy atom. The van der Waals surface area contributed by atoms with E-state index in [1.807, 2.05) is 4.72 Å². The molecule has 0 bridgehead atoms. The number of rotatable bonds is 10. The lowest BCUT2D eigenvalue weighted by Crippen LogP contribution is -2.47. The van der Waals surface area contributed by atoms with E-state index in [4.69, 9.17) is 10.2 Å². The van der Waals surface area contributed by atoms with E-state index in [-0.39, 0.29) is 19.6 Å². The highest BCUT2D eigenvalue weighted by atomic mass is 32.2. The summed E-state index contributed by atoms with van der Waals surface area (Å²) in [4.78, 5) is 21.0. The average molecular weight is 284 g/mol. The van der Waals surface area contributed by atoms with Crippen molar-refractivity contribution in [1.82, 2.24) is 9.44 Å². The SMILES string of the molecule is COCCNS(=O)(=O)NC(CCC(=O)O)C(=O)O. The highest BCUT2D eigenvalue weighted by Crippen LogP contribution is 1.99. The predicted octanol–water partition coefficient (Wildman–Crippen LogP) is -1.63. The van der Waals surface area contributed by atoms with Crippen LogP contribution in [0.15, 0.2) is 0 Å². The molecule has 0 spiro atoms. The zero-order valence-corrected chi connectivity index (χ0v) is 10.6. The molecule has 4 N–H and O–H groups in total. The van der Waals surface area contributed by atoms with E-state index in [0.29, 0.717) is 0 Å².